The predicted molar refractivity (Wildman–Crippen MR) is 85.8 cm³/mol. The molecule has 0 spiro atoms. The summed E-state index contributed by atoms with van der Waals surface area (Å²) < 4.78 is 41.2. The molecule has 2 unspecified atom stereocenters. The zero-order valence-electron chi connectivity index (χ0n) is 14.7. The van der Waals surface area contributed by atoms with E-state index in [4.69, 9.17) is 0 Å². The molecule has 1 aliphatic rings. The van der Waals surface area contributed by atoms with Crippen LogP contribution in [0.25, 0.3) is 0 Å². The van der Waals surface area contributed by atoms with Crippen LogP contribution < -0.4 is 5.32 Å². The van der Waals surface area contributed by atoms with Crippen molar-refractivity contribution >= 4 is 11.8 Å². The Balaban J connectivity index is 1.95. The fraction of sp³-hybridized carbons (Fsp3) is 0.688. The summed E-state index contributed by atoms with van der Waals surface area (Å²) in [5.74, 6) is -1.65. The number of likely N-dealkylation sites (tertiary alicyclic amines) is 1. The molecule has 1 saturated heterocycles. The molecule has 146 valence electrons. The molecule has 0 saturated carbocycles. The number of aliphatic hydroxyl groups is 1. The second-order valence-electron chi connectivity index (χ2n) is 6.75. The lowest BCUT2D eigenvalue weighted by Gasteiger charge is -2.29. The van der Waals surface area contributed by atoms with E-state index in [-0.39, 0.29) is 18.4 Å². The predicted octanol–water partition coefficient (Wildman–Crippen LogP) is 0.935. The minimum Gasteiger partial charge on any atom is -0.374 e. The van der Waals surface area contributed by atoms with E-state index in [1.165, 1.54) is 13.2 Å². The van der Waals surface area contributed by atoms with Gasteiger partial charge in [0.25, 0.3) is 0 Å². The van der Waals surface area contributed by atoms with Crippen molar-refractivity contribution in [3.05, 3.63) is 18.2 Å². The van der Waals surface area contributed by atoms with Gasteiger partial charge in [0.15, 0.2) is 5.82 Å². The Morgan fingerprint density at radius 1 is 1.46 bits per heavy atom. The van der Waals surface area contributed by atoms with Gasteiger partial charge in [-0.1, -0.05) is 6.92 Å². The molecule has 26 heavy (non-hydrogen) atoms. The summed E-state index contributed by atoms with van der Waals surface area (Å²) in [4.78, 5) is 28.8. The number of halogens is 3. The van der Waals surface area contributed by atoms with Crippen molar-refractivity contribution in [2.24, 2.45) is 13.0 Å². The highest BCUT2D eigenvalue weighted by Crippen LogP contribution is 2.40. The van der Waals surface area contributed by atoms with Crippen LogP contribution in [0.3, 0.4) is 0 Å². The van der Waals surface area contributed by atoms with Crippen molar-refractivity contribution in [3.8, 4) is 0 Å². The third kappa shape index (κ3) is 4.35. The molecule has 0 aliphatic carbocycles. The summed E-state index contributed by atoms with van der Waals surface area (Å²) in [6.45, 7) is 2.99. The van der Waals surface area contributed by atoms with Gasteiger partial charge in [0, 0.05) is 45.5 Å². The van der Waals surface area contributed by atoms with Crippen molar-refractivity contribution in [2.45, 2.75) is 38.0 Å². The first-order valence-corrected chi connectivity index (χ1v) is 8.36. The number of hydrogen-bond donors (Lipinski definition) is 2. The number of hydrogen-bond acceptors (Lipinski definition) is 4. The molecule has 7 nitrogen and oxygen atoms in total. The lowest BCUT2D eigenvalue weighted by Crippen LogP contribution is -2.48. The zero-order chi connectivity index (χ0) is 19.5. The Bertz CT molecular complexity index is 661. The maximum absolute atomic E-state index is 13.4. The molecule has 1 aromatic heterocycles. The third-order valence-electron chi connectivity index (χ3n) is 4.43. The number of rotatable bonds is 7. The van der Waals surface area contributed by atoms with Gasteiger partial charge in [-0.2, -0.15) is 13.2 Å². The molecule has 2 N–H and O–H groups in total. The van der Waals surface area contributed by atoms with Gasteiger partial charge in [-0.15, -0.1) is 0 Å². The van der Waals surface area contributed by atoms with Gasteiger partial charge in [0.1, 0.15) is 0 Å². The standard InChI is InChI=1S/C16H23F3N4O3/c1-11(10-23-6-3-4-13(23)25)9-21-12(24)8-15(26,16(17,18)19)14-20-5-7-22(14)2/h5,7,11,26H,3-4,6,8-10H2,1-2H3,(H,21,24). The van der Waals surface area contributed by atoms with Crippen molar-refractivity contribution in [2.75, 3.05) is 19.6 Å². The van der Waals surface area contributed by atoms with Crippen LogP contribution in [0.15, 0.2) is 12.4 Å². The number of amides is 2. The summed E-state index contributed by atoms with van der Waals surface area (Å²) in [7, 11) is 1.31. The first-order valence-electron chi connectivity index (χ1n) is 8.36. The number of carbonyl (C=O) groups is 2. The Labute approximate surface area is 149 Å². The number of aryl methyl sites for hydroxylation is 1. The van der Waals surface area contributed by atoms with E-state index in [9.17, 15) is 27.9 Å². The summed E-state index contributed by atoms with van der Waals surface area (Å²) in [6.07, 6.45) is -2.56. The summed E-state index contributed by atoms with van der Waals surface area (Å²) in [5.41, 5.74) is -3.37. The molecule has 2 heterocycles. The Morgan fingerprint density at radius 2 is 2.15 bits per heavy atom. The van der Waals surface area contributed by atoms with Crippen LogP contribution in [0.4, 0.5) is 13.2 Å². The van der Waals surface area contributed by atoms with Crippen LogP contribution >= 0.6 is 0 Å². The molecule has 0 aromatic carbocycles. The van der Waals surface area contributed by atoms with E-state index < -0.39 is 29.9 Å². The van der Waals surface area contributed by atoms with Crippen molar-refractivity contribution < 1.29 is 27.9 Å². The van der Waals surface area contributed by atoms with E-state index in [1.54, 1.807) is 11.8 Å². The average Bonchev–Trinajstić information content (AvgIpc) is 3.13. The first-order chi connectivity index (χ1) is 12.0. The number of aromatic nitrogens is 2. The van der Waals surface area contributed by atoms with Crippen LogP contribution in [0.1, 0.15) is 32.0 Å². The van der Waals surface area contributed by atoms with Crippen LogP contribution in [0, 0.1) is 5.92 Å². The van der Waals surface area contributed by atoms with Crippen molar-refractivity contribution in [3.63, 3.8) is 0 Å². The van der Waals surface area contributed by atoms with Crippen molar-refractivity contribution in [1.29, 1.82) is 0 Å². The van der Waals surface area contributed by atoms with Gasteiger partial charge < -0.3 is 19.9 Å². The van der Waals surface area contributed by atoms with E-state index in [0.29, 0.717) is 19.5 Å². The van der Waals surface area contributed by atoms with Gasteiger partial charge in [-0.3, -0.25) is 9.59 Å². The number of nitrogens with zero attached hydrogens (tertiary/aromatic N) is 3. The lowest BCUT2D eigenvalue weighted by atomic mass is 9.97. The highest BCUT2D eigenvalue weighted by Gasteiger charge is 2.58. The molecule has 10 heteroatoms. The highest BCUT2D eigenvalue weighted by atomic mass is 19.4. The first kappa shape index (κ1) is 20.2. The van der Waals surface area contributed by atoms with Crippen LogP contribution in [0.2, 0.25) is 0 Å². The third-order valence-corrected chi connectivity index (χ3v) is 4.43. The van der Waals surface area contributed by atoms with Crippen LogP contribution in [-0.2, 0) is 22.2 Å². The normalized spacial score (nSPS) is 18.7. The van der Waals surface area contributed by atoms with Gasteiger partial charge in [-0.05, 0) is 12.3 Å². The van der Waals surface area contributed by atoms with E-state index in [2.05, 4.69) is 10.3 Å². The number of alkyl halides is 3. The van der Waals surface area contributed by atoms with Crippen LogP contribution in [0.5, 0.6) is 0 Å². The summed E-state index contributed by atoms with van der Waals surface area (Å²) in [6, 6.07) is 0. The van der Waals surface area contributed by atoms with Crippen molar-refractivity contribution in [1.82, 2.24) is 19.8 Å². The average molecular weight is 376 g/mol. The Kier molecular flexibility index (Phi) is 5.94. The van der Waals surface area contributed by atoms with Gasteiger partial charge >= 0.3 is 6.18 Å². The fourth-order valence-electron chi connectivity index (χ4n) is 2.99. The lowest BCUT2D eigenvalue weighted by molar-refractivity contribution is -0.271. The quantitative estimate of drug-likeness (QED) is 0.741. The zero-order valence-corrected chi connectivity index (χ0v) is 14.7. The second kappa shape index (κ2) is 7.65. The molecule has 2 amide bonds. The second-order valence-corrected chi connectivity index (χ2v) is 6.75. The number of nitrogens with one attached hydrogen (secondary N) is 1. The maximum Gasteiger partial charge on any atom is 0.425 e. The van der Waals surface area contributed by atoms with Crippen LogP contribution in [-0.4, -0.2) is 57.2 Å². The minimum atomic E-state index is -5.06. The number of carbonyl (C=O) groups excluding carboxylic acids is 2. The van der Waals surface area contributed by atoms with E-state index >= 15 is 0 Å². The van der Waals surface area contributed by atoms with Gasteiger partial charge in [0.05, 0.1) is 6.42 Å². The molecular weight excluding hydrogens is 353 g/mol. The molecule has 1 aliphatic heterocycles. The Hall–Kier alpha value is -2.10. The maximum atomic E-state index is 13.4. The highest BCUT2D eigenvalue weighted by molar-refractivity contribution is 5.78. The summed E-state index contributed by atoms with van der Waals surface area (Å²) >= 11 is 0. The monoisotopic (exact) mass is 376 g/mol. The van der Waals surface area contributed by atoms with Gasteiger partial charge in [0.2, 0.25) is 17.4 Å². The summed E-state index contributed by atoms with van der Waals surface area (Å²) in [5, 5.41) is 12.6. The largest absolute Gasteiger partial charge is 0.425 e. The fourth-order valence-corrected chi connectivity index (χ4v) is 2.99. The molecular formula is C16H23F3N4O3. The van der Waals surface area contributed by atoms with Gasteiger partial charge in [-0.25, -0.2) is 4.98 Å². The molecule has 0 bridgehead atoms. The smallest absolute Gasteiger partial charge is 0.374 e. The molecule has 0 radical (unpaired) electrons. The molecule has 1 fully saturated rings. The molecule has 2 rings (SSSR count). The Morgan fingerprint density at radius 3 is 2.65 bits per heavy atom. The molecule has 2 atom stereocenters. The SMILES string of the molecule is CC(CNC(=O)CC(O)(c1nccn1C)C(F)(F)F)CN1CCCC1=O. The number of imidazole rings is 1. The molecule has 1 aromatic rings. The van der Waals surface area contributed by atoms with E-state index in [0.717, 1.165) is 17.2 Å². The topological polar surface area (TPSA) is 87.5 Å². The minimum absolute atomic E-state index is 0.0457. The van der Waals surface area contributed by atoms with E-state index in [1.807, 2.05) is 0 Å².